The first kappa shape index (κ1) is 15.5. The van der Waals surface area contributed by atoms with E-state index in [0.29, 0.717) is 16.3 Å². The van der Waals surface area contributed by atoms with Gasteiger partial charge >= 0.3 is 5.97 Å². The number of hydrogen-bond donors (Lipinski definition) is 2. The van der Waals surface area contributed by atoms with Crippen LogP contribution in [0.25, 0.3) is 0 Å². The number of rotatable bonds is 3. The van der Waals surface area contributed by atoms with Gasteiger partial charge in [0.1, 0.15) is 0 Å². The lowest BCUT2D eigenvalue weighted by Crippen LogP contribution is -2.12. The van der Waals surface area contributed by atoms with Crippen LogP contribution in [0.1, 0.15) is 26.3 Å². The van der Waals surface area contributed by atoms with Crippen molar-refractivity contribution in [2.45, 2.75) is 6.92 Å². The highest BCUT2D eigenvalue weighted by atomic mass is 79.9. The molecule has 0 saturated heterocycles. The minimum Gasteiger partial charge on any atom is -0.478 e. The van der Waals surface area contributed by atoms with E-state index in [9.17, 15) is 9.59 Å². The molecular weight excluding hydrogens is 358 g/mol. The third-order valence-electron chi connectivity index (χ3n) is 2.89. The summed E-state index contributed by atoms with van der Waals surface area (Å²) >= 11 is 9.40. The molecule has 6 heteroatoms. The molecule has 0 heterocycles. The minimum absolute atomic E-state index is 0.131. The average molecular weight is 369 g/mol. The van der Waals surface area contributed by atoms with Gasteiger partial charge in [0.05, 0.1) is 11.3 Å². The molecule has 0 radical (unpaired) electrons. The van der Waals surface area contributed by atoms with Crippen molar-refractivity contribution in [3.05, 3.63) is 62.6 Å². The number of carbonyl (C=O) groups is 2. The summed E-state index contributed by atoms with van der Waals surface area (Å²) in [7, 11) is 0. The Morgan fingerprint density at radius 2 is 1.71 bits per heavy atom. The van der Waals surface area contributed by atoms with E-state index < -0.39 is 5.97 Å². The van der Waals surface area contributed by atoms with Crippen molar-refractivity contribution in [3.63, 3.8) is 0 Å². The Morgan fingerprint density at radius 1 is 1.14 bits per heavy atom. The number of aryl methyl sites for hydroxylation is 1. The fourth-order valence-electron chi connectivity index (χ4n) is 1.70. The number of halogens is 2. The maximum Gasteiger partial charge on any atom is 0.335 e. The van der Waals surface area contributed by atoms with Gasteiger partial charge in [0.15, 0.2) is 0 Å². The standard InChI is InChI=1S/C15H11BrClNO3/c1-8-6-11(16)13(7-12(8)17)18-14(19)9-2-4-10(5-3-9)15(20)21/h2-7H,1H3,(H,18,19)(H,20,21). The lowest BCUT2D eigenvalue weighted by atomic mass is 10.1. The van der Waals surface area contributed by atoms with Crippen molar-refractivity contribution in [2.24, 2.45) is 0 Å². The van der Waals surface area contributed by atoms with E-state index in [1.165, 1.54) is 24.3 Å². The third kappa shape index (κ3) is 3.62. The maximum atomic E-state index is 12.1. The highest BCUT2D eigenvalue weighted by molar-refractivity contribution is 9.10. The smallest absolute Gasteiger partial charge is 0.335 e. The van der Waals surface area contributed by atoms with Crippen molar-refractivity contribution >= 4 is 45.1 Å². The zero-order valence-corrected chi connectivity index (χ0v) is 13.3. The Kier molecular flexibility index (Phi) is 4.65. The lowest BCUT2D eigenvalue weighted by Gasteiger charge is -2.09. The SMILES string of the molecule is Cc1cc(Br)c(NC(=O)c2ccc(C(=O)O)cc2)cc1Cl. The van der Waals surface area contributed by atoms with E-state index in [1.54, 1.807) is 6.07 Å². The fraction of sp³-hybridized carbons (Fsp3) is 0.0667. The average Bonchev–Trinajstić information content (AvgIpc) is 2.44. The van der Waals surface area contributed by atoms with Crippen LogP contribution in [0, 0.1) is 6.92 Å². The van der Waals surface area contributed by atoms with Crippen molar-refractivity contribution in [1.82, 2.24) is 0 Å². The highest BCUT2D eigenvalue weighted by Gasteiger charge is 2.11. The van der Waals surface area contributed by atoms with Gasteiger partial charge in [-0.3, -0.25) is 4.79 Å². The predicted octanol–water partition coefficient (Wildman–Crippen LogP) is 4.36. The number of nitrogens with one attached hydrogen (secondary N) is 1. The summed E-state index contributed by atoms with van der Waals surface area (Å²) in [6, 6.07) is 9.16. The first-order valence-corrected chi connectivity index (χ1v) is 7.16. The monoisotopic (exact) mass is 367 g/mol. The van der Waals surface area contributed by atoms with Crippen LogP contribution in [0.2, 0.25) is 5.02 Å². The first-order valence-electron chi connectivity index (χ1n) is 5.99. The summed E-state index contributed by atoms with van der Waals surface area (Å²) in [6.07, 6.45) is 0. The van der Waals surface area contributed by atoms with E-state index in [-0.39, 0.29) is 11.5 Å². The maximum absolute atomic E-state index is 12.1. The number of benzene rings is 2. The zero-order valence-electron chi connectivity index (χ0n) is 11.0. The molecule has 0 bridgehead atoms. The van der Waals surface area contributed by atoms with Crippen LogP contribution in [0.15, 0.2) is 40.9 Å². The van der Waals surface area contributed by atoms with E-state index in [0.717, 1.165) is 10.0 Å². The molecule has 0 aliphatic heterocycles. The largest absolute Gasteiger partial charge is 0.478 e. The second kappa shape index (κ2) is 6.28. The van der Waals surface area contributed by atoms with Crippen molar-refractivity contribution < 1.29 is 14.7 Å². The summed E-state index contributed by atoms with van der Waals surface area (Å²) < 4.78 is 0.722. The topological polar surface area (TPSA) is 66.4 Å². The molecule has 0 aliphatic rings. The molecule has 0 unspecified atom stereocenters. The Hall–Kier alpha value is -1.85. The summed E-state index contributed by atoms with van der Waals surface area (Å²) in [5, 5.41) is 12.1. The summed E-state index contributed by atoms with van der Waals surface area (Å²) in [4.78, 5) is 22.9. The Labute approximate surface area is 134 Å². The van der Waals surface area contributed by atoms with E-state index in [4.69, 9.17) is 16.7 Å². The van der Waals surface area contributed by atoms with Crippen LogP contribution in [-0.2, 0) is 0 Å². The lowest BCUT2D eigenvalue weighted by molar-refractivity contribution is 0.0696. The predicted molar refractivity (Wildman–Crippen MR) is 85.2 cm³/mol. The molecule has 2 N–H and O–H groups in total. The molecule has 4 nitrogen and oxygen atoms in total. The Bertz CT molecular complexity index is 714. The number of hydrogen-bond acceptors (Lipinski definition) is 2. The van der Waals surface area contributed by atoms with Crippen LogP contribution < -0.4 is 5.32 Å². The van der Waals surface area contributed by atoms with E-state index >= 15 is 0 Å². The van der Waals surface area contributed by atoms with E-state index in [1.807, 2.05) is 13.0 Å². The molecule has 0 aromatic heterocycles. The van der Waals surface area contributed by atoms with Gasteiger partial charge in [0.2, 0.25) is 0 Å². The molecular formula is C15H11BrClNO3. The van der Waals surface area contributed by atoms with Gasteiger partial charge in [0, 0.05) is 15.1 Å². The van der Waals surface area contributed by atoms with Gasteiger partial charge in [-0.25, -0.2) is 4.79 Å². The molecule has 0 aliphatic carbocycles. The Morgan fingerprint density at radius 3 is 2.29 bits per heavy atom. The number of anilines is 1. The van der Waals surface area contributed by atoms with Crippen molar-refractivity contribution in [1.29, 1.82) is 0 Å². The molecule has 2 aromatic rings. The van der Waals surface area contributed by atoms with Crippen LogP contribution in [0.4, 0.5) is 5.69 Å². The van der Waals surface area contributed by atoms with Gasteiger partial charge in [-0.05, 0) is 64.8 Å². The van der Waals surface area contributed by atoms with Crippen LogP contribution in [-0.4, -0.2) is 17.0 Å². The highest BCUT2D eigenvalue weighted by Crippen LogP contribution is 2.29. The molecule has 2 aromatic carbocycles. The minimum atomic E-state index is -1.03. The molecule has 0 saturated carbocycles. The molecule has 108 valence electrons. The van der Waals surface area contributed by atoms with Gasteiger partial charge in [0.25, 0.3) is 5.91 Å². The number of carboxylic acid groups (broad SMARTS) is 1. The van der Waals surface area contributed by atoms with Gasteiger partial charge in [-0.2, -0.15) is 0 Å². The molecule has 2 rings (SSSR count). The third-order valence-corrected chi connectivity index (χ3v) is 3.95. The second-order valence-electron chi connectivity index (χ2n) is 4.42. The first-order chi connectivity index (χ1) is 9.88. The van der Waals surface area contributed by atoms with Crippen LogP contribution >= 0.6 is 27.5 Å². The number of carboxylic acids is 1. The summed E-state index contributed by atoms with van der Waals surface area (Å²) in [5.74, 6) is -1.37. The molecule has 1 amide bonds. The van der Waals surface area contributed by atoms with Crippen LogP contribution in [0.5, 0.6) is 0 Å². The van der Waals surface area contributed by atoms with Crippen molar-refractivity contribution in [3.8, 4) is 0 Å². The quantitative estimate of drug-likeness (QED) is 0.846. The summed E-state index contributed by atoms with van der Waals surface area (Å²) in [6.45, 7) is 1.86. The number of carbonyl (C=O) groups excluding carboxylic acids is 1. The molecule has 21 heavy (non-hydrogen) atoms. The molecule has 0 atom stereocenters. The molecule has 0 fully saturated rings. The number of aromatic carboxylic acids is 1. The number of amides is 1. The van der Waals surface area contributed by atoms with Crippen molar-refractivity contribution in [2.75, 3.05) is 5.32 Å². The van der Waals surface area contributed by atoms with Gasteiger partial charge < -0.3 is 10.4 Å². The second-order valence-corrected chi connectivity index (χ2v) is 5.68. The zero-order chi connectivity index (χ0) is 15.6. The van der Waals surface area contributed by atoms with Gasteiger partial charge in [-0.15, -0.1) is 0 Å². The van der Waals surface area contributed by atoms with E-state index in [2.05, 4.69) is 21.2 Å². The normalized spacial score (nSPS) is 10.2. The van der Waals surface area contributed by atoms with Crippen LogP contribution in [0.3, 0.4) is 0 Å². The molecule has 0 spiro atoms. The summed E-state index contributed by atoms with van der Waals surface area (Å²) in [5.41, 5.74) is 1.94. The van der Waals surface area contributed by atoms with Gasteiger partial charge in [-0.1, -0.05) is 11.6 Å². The Balaban J connectivity index is 2.22. The fourth-order valence-corrected chi connectivity index (χ4v) is 2.42.